The molecular formula is C20H19F2NO4. The van der Waals surface area contributed by atoms with Crippen LogP contribution < -0.4 is 0 Å². The van der Waals surface area contributed by atoms with Gasteiger partial charge in [0.2, 0.25) is 0 Å². The van der Waals surface area contributed by atoms with Crippen LogP contribution in [0.2, 0.25) is 0 Å². The molecule has 0 bridgehead atoms. The van der Waals surface area contributed by atoms with Crippen LogP contribution in [0.4, 0.5) is 13.6 Å². The fraction of sp³-hybridized carbons (Fsp3) is 0.300. The SMILES string of the molecule is O=C(O)[C@@H]1CCN(C(=O)OCc2ccccc2)[C@H](c2cc(F)ccc2F)C1. The largest absolute Gasteiger partial charge is 0.481 e. The zero-order valence-corrected chi connectivity index (χ0v) is 14.5. The number of likely N-dealkylation sites (tertiary alicyclic amines) is 1. The number of halogens is 2. The third-order valence-electron chi connectivity index (χ3n) is 4.71. The number of aliphatic carboxylic acids is 1. The number of rotatable bonds is 4. The Labute approximate surface area is 155 Å². The monoisotopic (exact) mass is 375 g/mol. The van der Waals surface area contributed by atoms with Gasteiger partial charge < -0.3 is 14.7 Å². The summed E-state index contributed by atoms with van der Waals surface area (Å²) >= 11 is 0. The molecule has 0 radical (unpaired) electrons. The van der Waals surface area contributed by atoms with Crippen molar-refractivity contribution in [1.82, 2.24) is 4.90 Å². The minimum absolute atomic E-state index is 0.00383. The maximum absolute atomic E-state index is 14.3. The number of nitrogens with zero attached hydrogens (tertiary/aromatic N) is 1. The number of carbonyl (C=O) groups is 2. The summed E-state index contributed by atoms with van der Waals surface area (Å²) in [6, 6.07) is 11.1. The van der Waals surface area contributed by atoms with Gasteiger partial charge in [0.25, 0.3) is 0 Å². The van der Waals surface area contributed by atoms with Gasteiger partial charge in [-0.3, -0.25) is 4.79 Å². The number of benzene rings is 2. The fourth-order valence-corrected chi connectivity index (χ4v) is 3.28. The molecule has 0 unspecified atom stereocenters. The predicted molar refractivity (Wildman–Crippen MR) is 92.8 cm³/mol. The van der Waals surface area contributed by atoms with E-state index in [4.69, 9.17) is 4.74 Å². The van der Waals surface area contributed by atoms with Crippen LogP contribution >= 0.6 is 0 Å². The van der Waals surface area contributed by atoms with Crippen molar-refractivity contribution in [1.29, 1.82) is 0 Å². The van der Waals surface area contributed by atoms with Crippen molar-refractivity contribution in [2.45, 2.75) is 25.5 Å². The lowest BCUT2D eigenvalue weighted by Gasteiger charge is -2.37. The lowest BCUT2D eigenvalue weighted by atomic mass is 9.87. The second-order valence-electron chi connectivity index (χ2n) is 6.47. The van der Waals surface area contributed by atoms with Crippen molar-refractivity contribution in [3.63, 3.8) is 0 Å². The second kappa shape index (κ2) is 8.16. The smallest absolute Gasteiger partial charge is 0.410 e. The van der Waals surface area contributed by atoms with Crippen LogP contribution in [0.5, 0.6) is 0 Å². The van der Waals surface area contributed by atoms with Crippen LogP contribution in [0, 0.1) is 17.6 Å². The molecule has 1 fully saturated rings. The quantitative estimate of drug-likeness (QED) is 0.872. The van der Waals surface area contributed by atoms with E-state index in [1.165, 1.54) is 4.90 Å². The Morgan fingerprint density at radius 3 is 2.59 bits per heavy atom. The van der Waals surface area contributed by atoms with Crippen LogP contribution in [0.3, 0.4) is 0 Å². The molecule has 2 aromatic rings. The number of carboxylic acid groups (broad SMARTS) is 1. The van der Waals surface area contributed by atoms with Gasteiger partial charge in [-0.15, -0.1) is 0 Å². The summed E-state index contributed by atoms with van der Waals surface area (Å²) in [5.74, 6) is -3.10. The first kappa shape index (κ1) is 18.8. The van der Waals surface area contributed by atoms with Crippen LogP contribution in [0.25, 0.3) is 0 Å². The molecular weight excluding hydrogens is 356 g/mol. The molecule has 1 heterocycles. The van der Waals surface area contributed by atoms with E-state index in [0.717, 1.165) is 23.8 Å². The van der Waals surface area contributed by atoms with Gasteiger partial charge in [0.1, 0.15) is 18.2 Å². The van der Waals surface area contributed by atoms with Gasteiger partial charge in [-0.1, -0.05) is 30.3 Å². The van der Waals surface area contributed by atoms with Crippen molar-refractivity contribution in [3.05, 3.63) is 71.3 Å². The normalized spacial score (nSPS) is 19.6. The highest BCUT2D eigenvalue weighted by Gasteiger charge is 2.37. The lowest BCUT2D eigenvalue weighted by Crippen LogP contribution is -2.43. The zero-order chi connectivity index (χ0) is 19.4. The Bertz CT molecular complexity index is 828. The first-order valence-electron chi connectivity index (χ1n) is 8.61. The molecule has 142 valence electrons. The van der Waals surface area contributed by atoms with E-state index in [2.05, 4.69) is 0 Å². The van der Waals surface area contributed by atoms with Gasteiger partial charge in [-0.25, -0.2) is 13.6 Å². The van der Waals surface area contributed by atoms with Crippen molar-refractivity contribution in [3.8, 4) is 0 Å². The third kappa shape index (κ3) is 4.42. The van der Waals surface area contributed by atoms with Crippen LogP contribution in [0.15, 0.2) is 48.5 Å². The molecule has 1 N–H and O–H groups in total. The minimum atomic E-state index is -1.02. The standard InChI is InChI=1S/C20H19F2NO4/c21-15-6-7-17(22)16(11-15)18-10-14(19(24)25)8-9-23(18)20(26)27-12-13-4-2-1-3-5-13/h1-7,11,14,18H,8-10,12H2,(H,24,25)/t14-,18+/m1/s1. The number of hydrogen-bond donors (Lipinski definition) is 1. The maximum Gasteiger partial charge on any atom is 0.410 e. The summed E-state index contributed by atoms with van der Waals surface area (Å²) in [5, 5.41) is 9.30. The molecule has 1 saturated heterocycles. The lowest BCUT2D eigenvalue weighted by molar-refractivity contribution is -0.144. The minimum Gasteiger partial charge on any atom is -0.481 e. The molecule has 0 aliphatic carbocycles. The highest BCUT2D eigenvalue weighted by Crippen LogP contribution is 2.36. The maximum atomic E-state index is 14.3. The highest BCUT2D eigenvalue weighted by molar-refractivity contribution is 5.72. The zero-order valence-electron chi connectivity index (χ0n) is 14.5. The predicted octanol–water partition coefficient (Wildman–Crippen LogP) is 4.14. The molecule has 3 rings (SSSR count). The van der Waals surface area contributed by atoms with Crippen LogP contribution in [-0.4, -0.2) is 28.6 Å². The van der Waals surface area contributed by atoms with E-state index in [-0.39, 0.29) is 31.6 Å². The number of carboxylic acids is 1. The topological polar surface area (TPSA) is 66.8 Å². The Morgan fingerprint density at radius 2 is 1.89 bits per heavy atom. The van der Waals surface area contributed by atoms with E-state index in [9.17, 15) is 23.5 Å². The van der Waals surface area contributed by atoms with E-state index in [1.807, 2.05) is 18.2 Å². The summed E-state index contributed by atoms with van der Waals surface area (Å²) in [5.41, 5.74) is 0.748. The Morgan fingerprint density at radius 1 is 1.15 bits per heavy atom. The first-order valence-corrected chi connectivity index (χ1v) is 8.61. The van der Waals surface area contributed by atoms with Crippen molar-refractivity contribution in [2.24, 2.45) is 5.92 Å². The number of hydrogen-bond acceptors (Lipinski definition) is 3. The van der Waals surface area contributed by atoms with E-state index >= 15 is 0 Å². The molecule has 27 heavy (non-hydrogen) atoms. The Hall–Kier alpha value is -2.96. The molecule has 2 atom stereocenters. The van der Waals surface area contributed by atoms with E-state index < -0.39 is 35.7 Å². The summed E-state index contributed by atoms with van der Waals surface area (Å²) in [6.45, 7) is 0.127. The Balaban J connectivity index is 1.81. The summed E-state index contributed by atoms with van der Waals surface area (Å²) in [6.07, 6.45) is -0.462. The molecule has 0 saturated carbocycles. The molecule has 0 aromatic heterocycles. The molecule has 7 heteroatoms. The van der Waals surface area contributed by atoms with E-state index in [1.54, 1.807) is 12.1 Å². The fourth-order valence-electron chi connectivity index (χ4n) is 3.28. The number of ether oxygens (including phenoxy) is 1. The number of amides is 1. The number of carbonyl (C=O) groups excluding carboxylic acids is 1. The second-order valence-corrected chi connectivity index (χ2v) is 6.47. The summed E-state index contributed by atoms with van der Waals surface area (Å²) in [7, 11) is 0. The van der Waals surface area contributed by atoms with Crippen LogP contribution in [-0.2, 0) is 16.1 Å². The van der Waals surface area contributed by atoms with Gasteiger partial charge in [0, 0.05) is 12.1 Å². The average molecular weight is 375 g/mol. The van der Waals surface area contributed by atoms with Crippen molar-refractivity contribution in [2.75, 3.05) is 6.54 Å². The molecule has 2 aromatic carbocycles. The third-order valence-corrected chi connectivity index (χ3v) is 4.71. The highest BCUT2D eigenvalue weighted by atomic mass is 19.1. The molecule has 1 amide bonds. The Kier molecular flexibility index (Phi) is 5.69. The van der Waals surface area contributed by atoms with Gasteiger partial charge in [-0.05, 0) is 36.6 Å². The summed E-state index contributed by atoms with van der Waals surface area (Å²) < 4.78 is 33.2. The molecule has 1 aliphatic rings. The van der Waals surface area contributed by atoms with Gasteiger partial charge in [0.05, 0.1) is 12.0 Å². The van der Waals surface area contributed by atoms with Crippen molar-refractivity contribution < 1.29 is 28.2 Å². The van der Waals surface area contributed by atoms with Crippen LogP contribution in [0.1, 0.15) is 30.0 Å². The van der Waals surface area contributed by atoms with Gasteiger partial charge >= 0.3 is 12.1 Å². The molecule has 1 aliphatic heterocycles. The van der Waals surface area contributed by atoms with Gasteiger partial charge in [0.15, 0.2) is 0 Å². The molecule has 5 nitrogen and oxygen atoms in total. The first-order chi connectivity index (χ1) is 13.0. The van der Waals surface area contributed by atoms with Gasteiger partial charge in [-0.2, -0.15) is 0 Å². The number of piperidine rings is 1. The molecule has 0 spiro atoms. The van der Waals surface area contributed by atoms with E-state index in [0.29, 0.717) is 0 Å². The average Bonchev–Trinajstić information content (AvgIpc) is 2.68. The summed E-state index contributed by atoms with van der Waals surface area (Å²) in [4.78, 5) is 25.2. The van der Waals surface area contributed by atoms with Crippen molar-refractivity contribution >= 4 is 12.1 Å².